The van der Waals surface area contributed by atoms with Crippen LogP contribution in [-0.4, -0.2) is 35.2 Å². The Morgan fingerprint density at radius 1 is 1.21 bits per heavy atom. The van der Waals surface area contributed by atoms with Crippen molar-refractivity contribution >= 4 is 56.6 Å². The molecular formula is C20H21ClN4OS2. The number of benzene rings is 1. The fraction of sp³-hybridized carbons (Fsp3) is 0.350. The van der Waals surface area contributed by atoms with Crippen LogP contribution >= 0.6 is 34.7 Å². The summed E-state index contributed by atoms with van der Waals surface area (Å²) < 4.78 is 0. The molecule has 3 aromatic rings. The van der Waals surface area contributed by atoms with Crippen LogP contribution in [0.4, 0.5) is 5.82 Å². The first-order chi connectivity index (χ1) is 13.6. The number of thioether (sulfide) groups is 1. The standard InChI is InChI=1S/C20H21ClN4OS2/c1-27-20-23-17(25-9-3-2-4-10-25)15-11-16(28-19(15)24-20)18(26)22-12-13-5-7-14(21)8-6-13/h5-8,11H,2-4,9-10,12H2,1H3,(H,22,26). The normalized spacial score (nSPS) is 14.4. The van der Waals surface area contributed by atoms with Gasteiger partial charge >= 0.3 is 0 Å². The van der Waals surface area contributed by atoms with Crippen LogP contribution in [0, 0.1) is 0 Å². The molecule has 1 saturated heterocycles. The van der Waals surface area contributed by atoms with Gasteiger partial charge in [0, 0.05) is 24.7 Å². The summed E-state index contributed by atoms with van der Waals surface area (Å²) >= 11 is 8.88. The first-order valence-electron chi connectivity index (χ1n) is 9.27. The van der Waals surface area contributed by atoms with Crippen LogP contribution in [0.15, 0.2) is 35.5 Å². The van der Waals surface area contributed by atoms with E-state index in [9.17, 15) is 4.79 Å². The molecule has 28 heavy (non-hydrogen) atoms. The molecule has 1 aromatic carbocycles. The molecule has 1 aliphatic rings. The van der Waals surface area contributed by atoms with Gasteiger partial charge in [0.2, 0.25) is 0 Å². The third-order valence-electron chi connectivity index (χ3n) is 4.78. The fourth-order valence-corrected chi connectivity index (χ4v) is 4.80. The van der Waals surface area contributed by atoms with Gasteiger partial charge in [0.05, 0.1) is 10.3 Å². The highest BCUT2D eigenvalue weighted by Gasteiger charge is 2.20. The molecule has 1 aliphatic heterocycles. The average Bonchev–Trinajstić information content (AvgIpc) is 3.17. The third kappa shape index (κ3) is 4.26. The van der Waals surface area contributed by atoms with E-state index < -0.39 is 0 Å². The van der Waals surface area contributed by atoms with Gasteiger partial charge in [-0.15, -0.1) is 11.3 Å². The van der Waals surface area contributed by atoms with Crippen molar-refractivity contribution in [2.75, 3.05) is 24.2 Å². The topological polar surface area (TPSA) is 58.1 Å². The maximum Gasteiger partial charge on any atom is 0.261 e. The van der Waals surface area contributed by atoms with Crippen molar-refractivity contribution in [1.29, 1.82) is 0 Å². The lowest BCUT2D eigenvalue weighted by atomic mass is 10.1. The molecule has 1 fully saturated rings. The number of nitrogens with one attached hydrogen (secondary N) is 1. The van der Waals surface area contributed by atoms with Gasteiger partial charge in [0.25, 0.3) is 5.91 Å². The smallest absolute Gasteiger partial charge is 0.261 e. The maximum absolute atomic E-state index is 12.7. The molecule has 0 aliphatic carbocycles. The van der Waals surface area contributed by atoms with Gasteiger partial charge in [-0.25, -0.2) is 9.97 Å². The van der Waals surface area contributed by atoms with Crippen LogP contribution < -0.4 is 10.2 Å². The van der Waals surface area contributed by atoms with E-state index in [-0.39, 0.29) is 5.91 Å². The quantitative estimate of drug-likeness (QED) is 0.454. The highest BCUT2D eigenvalue weighted by atomic mass is 35.5. The van der Waals surface area contributed by atoms with E-state index in [1.165, 1.54) is 42.4 Å². The van der Waals surface area contributed by atoms with Gasteiger partial charge in [0.15, 0.2) is 5.16 Å². The maximum atomic E-state index is 12.7. The van der Waals surface area contributed by atoms with E-state index in [1.54, 1.807) is 0 Å². The number of anilines is 1. The first-order valence-corrected chi connectivity index (χ1v) is 11.7. The fourth-order valence-electron chi connectivity index (χ4n) is 3.31. The van der Waals surface area contributed by atoms with Crippen molar-refractivity contribution < 1.29 is 4.79 Å². The lowest BCUT2D eigenvalue weighted by Crippen LogP contribution is -2.30. The Balaban J connectivity index is 1.59. The van der Waals surface area contributed by atoms with Crippen LogP contribution in [0.1, 0.15) is 34.5 Å². The molecule has 0 atom stereocenters. The summed E-state index contributed by atoms with van der Waals surface area (Å²) in [4.78, 5) is 26.0. The van der Waals surface area contributed by atoms with Crippen molar-refractivity contribution in [3.8, 4) is 0 Å². The van der Waals surface area contributed by atoms with Gasteiger partial charge in [-0.2, -0.15) is 0 Å². The van der Waals surface area contributed by atoms with E-state index in [0.717, 1.165) is 39.8 Å². The SMILES string of the molecule is CSc1nc(N2CCCCC2)c2cc(C(=O)NCc3ccc(Cl)cc3)sc2n1. The van der Waals surface area contributed by atoms with Crippen LogP contribution in [0.3, 0.4) is 0 Å². The summed E-state index contributed by atoms with van der Waals surface area (Å²) in [7, 11) is 0. The second kappa shape index (κ2) is 8.68. The van der Waals surface area contributed by atoms with Gasteiger partial charge in [-0.1, -0.05) is 35.5 Å². The molecular weight excluding hydrogens is 412 g/mol. The number of nitrogens with zero attached hydrogens (tertiary/aromatic N) is 3. The van der Waals surface area contributed by atoms with E-state index >= 15 is 0 Å². The van der Waals surface area contributed by atoms with E-state index in [4.69, 9.17) is 16.6 Å². The summed E-state index contributed by atoms with van der Waals surface area (Å²) in [6.07, 6.45) is 5.61. The molecule has 3 heterocycles. The van der Waals surface area contributed by atoms with Crippen molar-refractivity contribution in [1.82, 2.24) is 15.3 Å². The Morgan fingerprint density at radius 2 is 1.96 bits per heavy atom. The molecule has 0 spiro atoms. The lowest BCUT2D eigenvalue weighted by Gasteiger charge is -2.28. The summed E-state index contributed by atoms with van der Waals surface area (Å²) in [5.74, 6) is 0.871. The van der Waals surface area contributed by atoms with Gasteiger partial charge in [-0.05, 0) is 49.3 Å². The molecule has 1 N–H and O–H groups in total. The molecule has 0 unspecified atom stereocenters. The molecule has 1 amide bonds. The van der Waals surface area contributed by atoms with E-state index in [0.29, 0.717) is 16.4 Å². The van der Waals surface area contributed by atoms with Crippen LogP contribution in [-0.2, 0) is 6.54 Å². The molecule has 0 saturated carbocycles. The van der Waals surface area contributed by atoms with Gasteiger partial charge in [-0.3, -0.25) is 4.79 Å². The van der Waals surface area contributed by atoms with E-state index in [2.05, 4.69) is 15.2 Å². The Morgan fingerprint density at radius 3 is 2.68 bits per heavy atom. The Labute approximate surface area is 177 Å². The number of halogens is 1. The third-order valence-corrected chi connectivity index (χ3v) is 6.61. The number of carbonyl (C=O) groups excluding carboxylic acids is 1. The first kappa shape index (κ1) is 19.5. The number of rotatable bonds is 5. The van der Waals surface area contributed by atoms with Crippen molar-refractivity contribution in [2.45, 2.75) is 31.0 Å². The number of carbonyl (C=O) groups is 1. The molecule has 0 radical (unpaired) electrons. The number of hydrogen-bond donors (Lipinski definition) is 1. The van der Waals surface area contributed by atoms with Crippen molar-refractivity contribution in [3.63, 3.8) is 0 Å². The predicted molar refractivity (Wildman–Crippen MR) is 118 cm³/mol. The highest BCUT2D eigenvalue weighted by Crippen LogP contribution is 2.34. The Kier molecular flexibility index (Phi) is 6.04. The van der Waals surface area contributed by atoms with Crippen LogP contribution in [0.25, 0.3) is 10.2 Å². The minimum Gasteiger partial charge on any atom is -0.356 e. The van der Waals surface area contributed by atoms with Crippen molar-refractivity contribution in [3.05, 3.63) is 45.8 Å². The highest BCUT2D eigenvalue weighted by molar-refractivity contribution is 7.98. The van der Waals surface area contributed by atoms with Crippen molar-refractivity contribution in [2.24, 2.45) is 0 Å². The Bertz CT molecular complexity index is 984. The number of thiophene rings is 1. The average molecular weight is 433 g/mol. The number of hydrogen-bond acceptors (Lipinski definition) is 6. The van der Waals surface area contributed by atoms with E-state index in [1.807, 2.05) is 36.6 Å². The second-order valence-electron chi connectivity index (χ2n) is 6.72. The number of aromatic nitrogens is 2. The van der Waals surface area contributed by atoms with Crippen LogP contribution in [0.2, 0.25) is 5.02 Å². The lowest BCUT2D eigenvalue weighted by molar-refractivity contribution is 0.0955. The minimum absolute atomic E-state index is 0.0896. The summed E-state index contributed by atoms with van der Waals surface area (Å²) in [6.45, 7) is 2.48. The molecule has 2 aromatic heterocycles. The minimum atomic E-state index is -0.0896. The summed E-state index contributed by atoms with van der Waals surface area (Å²) in [6, 6.07) is 9.42. The predicted octanol–water partition coefficient (Wildman–Crippen LogP) is 4.99. The molecule has 4 rings (SSSR count). The molecule has 146 valence electrons. The molecule has 0 bridgehead atoms. The van der Waals surface area contributed by atoms with Gasteiger partial charge < -0.3 is 10.2 Å². The zero-order valence-corrected chi connectivity index (χ0v) is 18.0. The summed E-state index contributed by atoms with van der Waals surface area (Å²) in [5, 5.41) is 5.40. The zero-order valence-electron chi connectivity index (χ0n) is 15.6. The number of amides is 1. The number of fused-ring (bicyclic) bond motifs is 1. The molecule has 5 nitrogen and oxygen atoms in total. The van der Waals surface area contributed by atoms with Crippen LogP contribution in [0.5, 0.6) is 0 Å². The number of piperidine rings is 1. The van der Waals surface area contributed by atoms with Gasteiger partial charge in [0.1, 0.15) is 10.6 Å². The summed E-state index contributed by atoms with van der Waals surface area (Å²) in [5.41, 5.74) is 1.01. The largest absolute Gasteiger partial charge is 0.356 e. The zero-order chi connectivity index (χ0) is 19.5. The Hall–Kier alpha value is -1.83. The molecule has 8 heteroatoms. The second-order valence-corrected chi connectivity index (χ2v) is 8.96. The monoisotopic (exact) mass is 432 g/mol.